The van der Waals surface area contributed by atoms with Crippen LogP contribution in [0.15, 0.2) is 12.3 Å². The number of rotatable bonds is 2. The number of pyridine rings is 1. The third kappa shape index (κ3) is 2.12. The van der Waals surface area contributed by atoms with Crippen LogP contribution in [0.4, 0.5) is 5.82 Å². The number of aliphatic hydroxyl groups excluding tert-OH is 1. The van der Waals surface area contributed by atoms with Crippen LogP contribution in [0.5, 0.6) is 0 Å². The normalized spacial score (nSPS) is 18.2. The van der Waals surface area contributed by atoms with Crippen molar-refractivity contribution in [2.24, 2.45) is 0 Å². The van der Waals surface area contributed by atoms with Crippen molar-refractivity contribution >= 4 is 5.82 Å². The first-order chi connectivity index (χ1) is 7.18. The molecular weight excluding hydrogens is 188 g/mol. The highest BCUT2D eigenvalue weighted by Gasteiger charge is 2.16. The predicted molar refractivity (Wildman–Crippen MR) is 61.1 cm³/mol. The molecule has 0 aliphatic carbocycles. The lowest BCUT2D eigenvalue weighted by Gasteiger charge is -2.19. The molecule has 0 saturated carbocycles. The Hall–Kier alpha value is -1.09. The van der Waals surface area contributed by atoms with E-state index in [-0.39, 0.29) is 0 Å². The van der Waals surface area contributed by atoms with Gasteiger partial charge in [-0.15, -0.1) is 0 Å². The van der Waals surface area contributed by atoms with Gasteiger partial charge in [-0.3, -0.25) is 0 Å². The fourth-order valence-corrected chi connectivity index (χ4v) is 2.08. The molecule has 0 unspecified atom stereocenters. The molecule has 1 atom stereocenters. The van der Waals surface area contributed by atoms with Gasteiger partial charge in [0, 0.05) is 19.3 Å². The molecule has 0 spiro atoms. The van der Waals surface area contributed by atoms with Crippen LogP contribution >= 0.6 is 0 Å². The molecule has 1 fully saturated rings. The zero-order valence-corrected chi connectivity index (χ0v) is 9.40. The van der Waals surface area contributed by atoms with Crippen molar-refractivity contribution in [1.82, 2.24) is 4.98 Å². The van der Waals surface area contributed by atoms with Crippen LogP contribution in [0.1, 0.15) is 37.0 Å². The Morgan fingerprint density at radius 1 is 1.40 bits per heavy atom. The Morgan fingerprint density at radius 3 is 2.60 bits per heavy atom. The molecule has 0 aromatic carbocycles. The first-order valence-electron chi connectivity index (χ1n) is 5.58. The zero-order valence-electron chi connectivity index (χ0n) is 9.40. The van der Waals surface area contributed by atoms with E-state index in [0.717, 1.165) is 30.0 Å². The Balaban J connectivity index is 2.25. The summed E-state index contributed by atoms with van der Waals surface area (Å²) in [4.78, 5) is 6.77. The van der Waals surface area contributed by atoms with Gasteiger partial charge in [-0.05, 0) is 43.9 Å². The summed E-state index contributed by atoms with van der Waals surface area (Å²) >= 11 is 0. The summed E-state index contributed by atoms with van der Waals surface area (Å²) in [6.45, 7) is 6.06. The molecule has 0 amide bonds. The molecule has 2 rings (SSSR count). The summed E-state index contributed by atoms with van der Waals surface area (Å²) in [6.07, 6.45) is 3.88. The van der Waals surface area contributed by atoms with Crippen LogP contribution in [0, 0.1) is 6.92 Å². The summed E-state index contributed by atoms with van der Waals surface area (Å²) < 4.78 is 0. The second-order valence-corrected chi connectivity index (χ2v) is 4.28. The Labute approximate surface area is 90.8 Å². The van der Waals surface area contributed by atoms with Crippen molar-refractivity contribution in [2.45, 2.75) is 32.8 Å². The first kappa shape index (κ1) is 10.4. The maximum Gasteiger partial charge on any atom is 0.131 e. The number of hydrogen-bond acceptors (Lipinski definition) is 3. The Kier molecular flexibility index (Phi) is 2.91. The van der Waals surface area contributed by atoms with Crippen LogP contribution in [-0.2, 0) is 0 Å². The van der Waals surface area contributed by atoms with Gasteiger partial charge in [-0.2, -0.15) is 0 Å². The van der Waals surface area contributed by atoms with Gasteiger partial charge in [0.1, 0.15) is 5.82 Å². The third-order valence-corrected chi connectivity index (χ3v) is 2.96. The fourth-order valence-electron chi connectivity index (χ4n) is 2.08. The Bertz CT molecular complexity index is 343. The van der Waals surface area contributed by atoms with E-state index in [1.54, 1.807) is 13.1 Å². The molecule has 0 bridgehead atoms. The molecule has 15 heavy (non-hydrogen) atoms. The molecule has 1 N–H and O–H groups in total. The second-order valence-electron chi connectivity index (χ2n) is 4.28. The predicted octanol–water partition coefficient (Wildman–Crippen LogP) is 2.04. The van der Waals surface area contributed by atoms with E-state index in [1.807, 2.05) is 6.07 Å². The minimum atomic E-state index is -0.427. The molecular formula is C12H18N2O. The van der Waals surface area contributed by atoms with Crippen molar-refractivity contribution < 1.29 is 5.11 Å². The van der Waals surface area contributed by atoms with Crippen molar-refractivity contribution in [3.63, 3.8) is 0 Å². The fraction of sp³-hybridized carbons (Fsp3) is 0.583. The highest BCUT2D eigenvalue weighted by molar-refractivity contribution is 5.48. The molecule has 3 nitrogen and oxygen atoms in total. The largest absolute Gasteiger partial charge is 0.389 e. The van der Waals surface area contributed by atoms with Crippen LogP contribution in [0.2, 0.25) is 0 Å². The van der Waals surface area contributed by atoms with Gasteiger partial charge in [0.2, 0.25) is 0 Å². The topological polar surface area (TPSA) is 36.4 Å². The van der Waals surface area contributed by atoms with E-state index in [4.69, 9.17) is 0 Å². The molecule has 1 aliphatic heterocycles. The minimum absolute atomic E-state index is 0.427. The van der Waals surface area contributed by atoms with Gasteiger partial charge in [0.05, 0.1) is 6.10 Å². The quantitative estimate of drug-likeness (QED) is 0.804. The van der Waals surface area contributed by atoms with Crippen molar-refractivity contribution in [3.05, 3.63) is 23.4 Å². The monoisotopic (exact) mass is 206 g/mol. The van der Waals surface area contributed by atoms with E-state index >= 15 is 0 Å². The molecule has 0 radical (unpaired) electrons. The summed E-state index contributed by atoms with van der Waals surface area (Å²) in [6, 6.07) is 2.03. The first-order valence-corrected chi connectivity index (χ1v) is 5.58. The van der Waals surface area contributed by atoms with Crippen molar-refractivity contribution in [3.8, 4) is 0 Å². The molecule has 2 heterocycles. The number of aryl methyl sites for hydroxylation is 1. The number of nitrogens with zero attached hydrogens (tertiary/aromatic N) is 2. The number of hydrogen-bond donors (Lipinski definition) is 1. The van der Waals surface area contributed by atoms with Gasteiger partial charge >= 0.3 is 0 Å². The SMILES string of the molecule is Cc1cc([C@H](C)O)cnc1N1CCCC1. The molecule has 82 valence electrons. The highest BCUT2D eigenvalue weighted by Crippen LogP contribution is 2.23. The van der Waals surface area contributed by atoms with Crippen molar-refractivity contribution in [1.29, 1.82) is 0 Å². The molecule has 1 aromatic rings. The molecule has 1 saturated heterocycles. The van der Waals surface area contributed by atoms with Gasteiger partial charge in [0.15, 0.2) is 0 Å². The van der Waals surface area contributed by atoms with E-state index < -0.39 is 6.10 Å². The van der Waals surface area contributed by atoms with Gasteiger partial charge in [0.25, 0.3) is 0 Å². The van der Waals surface area contributed by atoms with Crippen LogP contribution in [0.3, 0.4) is 0 Å². The highest BCUT2D eigenvalue weighted by atomic mass is 16.3. The maximum absolute atomic E-state index is 9.45. The summed E-state index contributed by atoms with van der Waals surface area (Å²) in [7, 11) is 0. The van der Waals surface area contributed by atoms with Gasteiger partial charge < -0.3 is 10.0 Å². The second kappa shape index (κ2) is 4.19. The molecule has 1 aromatic heterocycles. The standard InChI is InChI=1S/C12H18N2O/c1-9-7-11(10(2)15)8-13-12(9)14-5-3-4-6-14/h7-8,10,15H,3-6H2,1-2H3/t10-/m0/s1. The lowest BCUT2D eigenvalue weighted by molar-refractivity contribution is 0.199. The van der Waals surface area contributed by atoms with Crippen LogP contribution in [-0.4, -0.2) is 23.2 Å². The van der Waals surface area contributed by atoms with Crippen molar-refractivity contribution in [2.75, 3.05) is 18.0 Å². The number of aliphatic hydroxyl groups is 1. The van der Waals surface area contributed by atoms with E-state index in [9.17, 15) is 5.11 Å². The molecule has 1 aliphatic rings. The molecule has 3 heteroatoms. The maximum atomic E-state index is 9.45. The van der Waals surface area contributed by atoms with E-state index in [2.05, 4.69) is 16.8 Å². The lowest BCUT2D eigenvalue weighted by atomic mass is 10.1. The number of aromatic nitrogens is 1. The van der Waals surface area contributed by atoms with Crippen LogP contribution < -0.4 is 4.90 Å². The zero-order chi connectivity index (χ0) is 10.8. The average molecular weight is 206 g/mol. The summed E-state index contributed by atoms with van der Waals surface area (Å²) in [5, 5.41) is 9.45. The average Bonchev–Trinajstić information content (AvgIpc) is 2.70. The Morgan fingerprint density at radius 2 is 2.07 bits per heavy atom. The van der Waals surface area contributed by atoms with Gasteiger partial charge in [-0.1, -0.05) is 0 Å². The van der Waals surface area contributed by atoms with E-state index in [1.165, 1.54) is 12.8 Å². The summed E-state index contributed by atoms with van der Waals surface area (Å²) in [5.41, 5.74) is 2.06. The smallest absolute Gasteiger partial charge is 0.131 e. The van der Waals surface area contributed by atoms with E-state index in [0.29, 0.717) is 0 Å². The minimum Gasteiger partial charge on any atom is -0.389 e. The third-order valence-electron chi connectivity index (χ3n) is 2.96. The van der Waals surface area contributed by atoms with Gasteiger partial charge in [-0.25, -0.2) is 4.98 Å². The number of anilines is 1. The summed E-state index contributed by atoms with van der Waals surface area (Å²) in [5.74, 6) is 1.08. The van der Waals surface area contributed by atoms with Crippen LogP contribution in [0.25, 0.3) is 0 Å². The lowest BCUT2D eigenvalue weighted by Crippen LogP contribution is -2.20.